The Bertz CT molecular complexity index is 1020. The maximum absolute atomic E-state index is 13.2. The van der Waals surface area contributed by atoms with Crippen LogP contribution in [-0.2, 0) is 0 Å². The fourth-order valence-electron chi connectivity index (χ4n) is 3.76. The number of halogens is 1. The first-order valence-corrected chi connectivity index (χ1v) is 10.2. The van der Waals surface area contributed by atoms with E-state index >= 15 is 0 Å². The van der Waals surface area contributed by atoms with Gasteiger partial charge in [0.2, 0.25) is 0 Å². The molecule has 0 spiro atoms. The highest BCUT2D eigenvalue weighted by Crippen LogP contribution is 2.24. The SMILES string of the molecule is CCN1CCN(c2ccc(NC(=O)c3cncn3-c3ccc(F)cc3)c(C)c2)CC1. The molecule has 3 aromatic rings. The van der Waals surface area contributed by atoms with E-state index in [2.05, 4.69) is 39.2 Å². The lowest BCUT2D eigenvalue weighted by Crippen LogP contribution is -2.46. The highest BCUT2D eigenvalue weighted by Gasteiger charge is 2.18. The Balaban J connectivity index is 1.48. The standard InChI is InChI=1S/C23H26FN5O/c1-3-27-10-12-28(13-11-27)20-8-9-21(17(2)14-20)26-23(30)22-15-25-16-29(22)19-6-4-18(24)5-7-19/h4-9,14-16H,3,10-13H2,1-2H3,(H,26,30). The normalized spacial score (nSPS) is 14.7. The van der Waals surface area contributed by atoms with E-state index in [9.17, 15) is 9.18 Å². The largest absolute Gasteiger partial charge is 0.369 e. The van der Waals surface area contributed by atoms with Gasteiger partial charge in [0.25, 0.3) is 5.91 Å². The number of likely N-dealkylation sites (N-methyl/N-ethyl adjacent to an activating group) is 1. The fourth-order valence-corrected chi connectivity index (χ4v) is 3.76. The summed E-state index contributed by atoms with van der Waals surface area (Å²) < 4.78 is 14.9. The molecule has 1 fully saturated rings. The molecule has 1 amide bonds. The van der Waals surface area contributed by atoms with Gasteiger partial charge in [-0.05, 0) is 61.5 Å². The van der Waals surface area contributed by atoms with Crippen LogP contribution in [0.4, 0.5) is 15.8 Å². The van der Waals surface area contributed by atoms with Crippen molar-refractivity contribution in [1.29, 1.82) is 0 Å². The monoisotopic (exact) mass is 407 g/mol. The summed E-state index contributed by atoms with van der Waals surface area (Å²) in [5.41, 5.74) is 4.02. The van der Waals surface area contributed by atoms with Crippen LogP contribution in [-0.4, -0.2) is 53.1 Å². The van der Waals surface area contributed by atoms with Gasteiger partial charge in [0.05, 0.1) is 12.5 Å². The van der Waals surface area contributed by atoms with E-state index in [4.69, 9.17) is 0 Å². The molecule has 4 rings (SSSR count). The van der Waals surface area contributed by atoms with E-state index in [1.54, 1.807) is 23.0 Å². The van der Waals surface area contributed by atoms with Gasteiger partial charge in [-0.25, -0.2) is 9.37 Å². The first-order valence-electron chi connectivity index (χ1n) is 10.2. The molecule has 1 aliphatic rings. The zero-order valence-corrected chi connectivity index (χ0v) is 17.3. The number of rotatable bonds is 5. The maximum atomic E-state index is 13.2. The molecule has 2 heterocycles. The lowest BCUT2D eigenvalue weighted by atomic mass is 10.1. The number of imidazole rings is 1. The second-order valence-corrected chi connectivity index (χ2v) is 7.50. The van der Waals surface area contributed by atoms with E-state index in [1.165, 1.54) is 24.0 Å². The molecule has 156 valence electrons. The molecule has 1 aliphatic heterocycles. The Morgan fingerprint density at radius 2 is 1.77 bits per heavy atom. The molecule has 6 nitrogen and oxygen atoms in total. The Kier molecular flexibility index (Phi) is 5.81. The number of benzene rings is 2. The van der Waals surface area contributed by atoms with Gasteiger partial charge in [-0.1, -0.05) is 6.92 Å². The molecule has 0 atom stereocenters. The topological polar surface area (TPSA) is 53.4 Å². The number of anilines is 2. The third-order valence-electron chi connectivity index (χ3n) is 5.62. The van der Waals surface area contributed by atoms with Crippen molar-refractivity contribution < 1.29 is 9.18 Å². The van der Waals surface area contributed by atoms with Crippen LogP contribution in [0.25, 0.3) is 5.69 Å². The average molecular weight is 407 g/mol. The lowest BCUT2D eigenvalue weighted by molar-refractivity contribution is 0.102. The predicted molar refractivity (Wildman–Crippen MR) is 117 cm³/mol. The summed E-state index contributed by atoms with van der Waals surface area (Å²) >= 11 is 0. The molecule has 0 bridgehead atoms. The molecular formula is C23H26FN5O. The van der Waals surface area contributed by atoms with Crippen molar-refractivity contribution in [2.75, 3.05) is 42.9 Å². The summed E-state index contributed by atoms with van der Waals surface area (Å²) in [5, 5.41) is 2.98. The molecule has 0 unspecified atom stereocenters. The number of piperazine rings is 1. The van der Waals surface area contributed by atoms with Crippen molar-refractivity contribution in [2.24, 2.45) is 0 Å². The molecule has 1 saturated heterocycles. The molecule has 30 heavy (non-hydrogen) atoms. The molecule has 1 aromatic heterocycles. The predicted octanol–water partition coefficient (Wildman–Crippen LogP) is 3.71. The Hall–Kier alpha value is -3.19. The summed E-state index contributed by atoms with van der Waals surface area (Å²) in [4.78, 5) is 21.8. The van der Waals surface area contributed by atoms with Crippen molar-refractivity contribution in [1.82, 2.24) is 14.5 Å². The smallest absolute Gasteiger partial charge is 0.274 e. The van der Waals surface area contributed by atoms with Crippen LogP contribution in [0.2, 0.25) is 0 Å². The highest BCUT2D eigenvalue weighted by molar-refractivity contribution is 6.03. The zero-order chi connectivity index (χ0) is 21.1. The number of amides is 1. The Morgan fingerprint density at radius 3 is 2.43 bits per heavy atom. The second-order valence-electron chi connectivity index (χ2n) is 7.50. The highest BCUT2D eigenvalue weighted by atomic mass is 19.1. The quantitative estimate of drug-likeness (QED) is 0.701. The lowest BCUT2D eigenvalue weighted by Gasteiger charge is -2.35. The molecule has 0 aliphatic carbocycles. The van der Waals surface area contributed by atoms with Crippen molar-refractivity contribution >= 4 is 17.3 Å². The minimum Gasteiger partial charge on any atom is -0.369 e. The average Bonchev–Trinajstić information content (AvgIpc) is 3.26. The molecule has 7 heteroatoms. The van der Waals surface area contributed by atoms with Gasteiger partial charge >= 0.3 is 0 Å². The van der Waals surface area contributed by atoms with Crippen molar-refractivity contribution in [3.63, 3.8) is 0 Å². The van der Waals surface area contributed by atoms with Crippen LogP contribution in [0.15, 0.2) is 55.0 Å². The summed E-state index contributed by atoms with van der Waals surface area (Å²) in [6.45, 7) is 9.44. The Morgan fingerprint density at radius 1 is 1.07 bits per heavy atom. The number of carbonyl (C=O) groups excluding carboxylic acids is 1. The number of nitrogens with one attached hydrogen (secondary N) is 1. The van der Waals surface area contributed by atoms with Gasteiger partial charge in [-0.15, -0.1) is 0 Å². The van der Waals surface area contributed by atoms with Gasteiger partial charge in [0.1, 0.15) is 11.5 Å². The van der Waals surface area contributed by atoms with Gasteiger partial charge in [-0.2, -0.15) is 0 Å². The molecular weight excluding hydrogens is 381 g/mol. The molecule has 0 radical (unpaired) electrons. The van der Waals surface area contributed by atoms with Crippen LogP contribution in [0.5, 0.6) is 0 Å². The third kappa shape index (κ3) is 4.21. The number of nitrogens with zero attached hydrogens (tertiary/aromatic N) is 4. The first-order chi connectivity index (χ1) is 14.5. The van der Waals surface area contributed by atoms with Gasteiger partial charge in [0, 0.05) is 43.2 Å². The number of carbonyl (C=O) groups is 1. The zero-order valence-electron chi connectivity index (χ0n) is 17.3. The van der Waals surface area contributed by atoms with E-state index in [0.717, 1.165) is 44.0 Å². The van der Waals surface area contributed by atoms with Crippen LogP contribution in [0, 0.1) is 12.7 Å². The molecule has 0 saturated carbocycles. The molecule has 1 N–H and O–H groups in total. The van der Waals surface area contributed by atoms with Crippen molar-refractivity contribution in [2.45, 2.75) is 13.8 Å². The molecule has 2 aromatic carbocycles. The van der Waals surface area contributed by atoms with E-state index in [1.807, 2.05) is 13.0 Å². The van der Waals surface area contributed by atoms with Gasteiger partial charge in [0.15, 0.2) is 0 Å². The van der Waals surface area contributed by atoms with E-state index in [0.29, 0.717) is 11.4 Å². The summed E-state index contributed by atoms with van der Waals surface area (Å²) in [6, 6.07) is 12.1. The fraction of sp³-hybridized carbons (Fsp3) is 0.304. The maximum Gasteiger partial charge on any atom is 0.274 e. The summed E-state index contributed by atoms with van der Waals surface area (Å²) in [7, 11) is 0. The van der Waals surface area contributed by atoms with Crippen LogP contribution in [0.1, 0.15) is 23.0 Å². The third-order valence-corrected chi connectivity index (χ3v) is 5.62. The van der Waals surface area contributed by atoms with Gasteiger partial charge < -0.3 is 15.1 Å². The number of aromatic nitrogens is 2. The Labute approximate surface area is 175 Å². The van der Waals surface area contributed by atoms with Crippen LogP contribution >= 0.6 is 0 Å². The summed E-state index contributed by atoms with van der Waals surface area (Å²) in [5.74, 6) is -0.582. The van der Waals surface area contributed by atoms with Crippen LogP contribution in [0.3, 0.4) is 0 Å². The first kappa shape index (κ1) is 20.1. The number of hydrogen-bond donors (Lipinski definition) is 1. The van der Waals surface area contributed by atoms with Crippen LogP contribution < -0.4 is 10.2 Å². The second kappa shape index (κ2) is 8.67. The van der Waals surface area contributed by atoms with Crippen molar-refractivity contribution in [3.8, 4) is 5.69 Å². The minimum atomic E-state index is -0.323. The van der Waals surface area contributed by atoms with E-state index < -0.39 is 0 Å². The number of aryl methyl sites for hydroxylation is 1. The minimum absolute atomic E-state index is 0.260. The number of hydrogen-bond acceptors (Lipinski definition) is 4. The van der Waals surface area contributed by atoms with E-state index in [-0.39, 0.29) is 11.7 Å². The van der Waals surface area contributed by atoms with Gasteiger partial charge in [-0.3, -0.25) is 9.36 Å². The summed E-state index contributed by atoms with van der Waals surface area (Å²) in [6.07, 6.45) is 3.06. The van der Waals surface area contributed by atoms with Crippen molar-refractivity contribution in [3.05, 3.63) is 72.1 Å².